The van der Waals surface area contributed by atoms with E-state index < -0.39 is 26.5 Å². The van der Waals surface area contributed by atoms with Crippen LogP contribution in [0.2, 0.25) is 0 Å². The molecule has 0 saturated heterocycles. The third-order valence-electron chi connectivity index (χ3n) is 1.00. The molecule has 0 aromatic rings. The van der Waals surface area contributed by atoms with E-state index in [0.717, 1.165) is 6.92 Å². The standard InChI is InChI=1S/C4H8F3O4P/c1-2-3(4(5,6)7)11-12(8,9)10/h3H,2H2,1H3,(H2,8,9,10). The Morgan fingerprint density at radius 3 is 2.00 bits per heavy atom. The van der Waals surface area contributed by atoms with Crippen LogP contribution in [0.5, 0.6) is 0 Å². The summed E-state index contributed by atoms with van der Waals surface area (Å²) in [5, 5.41) is 0. The molecule has 0 amide bonds. The lowest BCUT2D eigenvalue weighted by Gasteiger charge is -2.18. The fraction of sp³-hybridized carbons (Fsp3) is 1.00. The number of alkyl halides is 3. The number of phosphoric acid groups is 1. The molecule has 0 spiro atoms. The van der Waals surface area contributed by atoms with Gasteiger partial charge in [0.2, 0.25) is 0 Å². The Morgan fingerprint density at radius 2 is 1.92 bits per heavy atom. The lowest BCUT2D eigenvalue weighted by atomic mass is 10.3. The van der Waals surface area contributed by atoms with Crippen LogP contribution in [0, 0.1) is 0 Å². The lowest BCUT2D eigenvalue weighted by Crippen LogP contribution is -2.29. The summed E-state index contributed by atoms with van der Waals surface area (Å²) in [6.45, 7) is 1.12. The first-order valence-electron chi connectivity index (χ1n) is 2.97. The van der Waals surface area contributed by atoms with Gasteiger partial charge in [0.15, 0.2) is 6.10 Å². The van der Waals surface area contributed by atoms with Gasteiger partial charge in [-0.25, -0.2) is 4.57 Å². The van der Waals surface area contributed by atoms with Gasteiger partial charge in [0.05, 0.1) is 0 Å². The summed E-state index contributed by atoms with van der Waals surface area (Å²) in [6.07, 6.45) is -7.68. The Bertz CT molecular complexity index is 185. The van der Waals surface area contributed by atoms with Crippen LogP contribution in [0.4, 0.5) is 13.2 Å². The molecule has 0 fully saturated rings. The normalized spacial score (nSPS) is 16.2. The Labute approximate surface area is 66.6 Å². The number of hydrogen-bond donors (Lipinski definition) is 2. The number of phosphoric ester groups is 1. The summed E-state index contributed by atoms with van der Waals surface area (Å²) >= 11 is 0. The molecule has 1 atom stereocenters. The molecule has 12 heavy (non-hydrogen) atoms. The molecule has 8 heteroatoms. The maximum Gasteiger partial charge on any atom is 0.470 e. The largest absolute Gasteiger partial charge is 0.470 e. The molecular weight excluding hydrogens is 200 g/mol. The maximum atomic E-state index is 11.8. The molecule has 1 unspecified atom stereocenters. The van der Waals surface area contributed by atoms with E-state index in [-0.39, 0.29) is 0 Å². The minimum Gasteiger partial charge on any atom is -0.303 e. The third-order valence-corrected chi connectivity index (χ3v) is 1.53. The van der Waals surface area contributed by atoms with Gasteiger partial charge in [0.1, 0.15) is 0 Å². The molecule has 0 aliphatic carbocycles. The van der Waals surface area contributed by atoms with Crippen LogP contribution in [0.3, 0.4) is 0 Å². The van der Waals surface area contributed by atoms with Crippen molar-refractivity contribution < 1.29 is 32.0 Å². The molecule has 74 valence electrons. The second kappa shape index (κ2) is 3.74. The van der Waals surface area contributed by atoms with Gasteiger partial charge in [-0.05, 0) is 6.42 Å². The predicted molar refractivity (Wildman–Crippen MR) is 33.3 cm³/mol. The molecular formula is C4H8F3O4P. The summed E-state index contributed by atoms with van der Waals surface area (Å²) in [7, 11) is -5.05. The number of rotatable bonds is 3. The zero-order valence-corrected chi connectivity index (χ0v) is 6.97. The lowest BCUT2D eigenvalue weighted by molar-refractivity contribution is -0.199. The SMILES string of the molecule is CCC(OP(=O)(O)O)C(F)(F)F. The van der Waals surface area contributed by atoms with Gasteiger partial charge in [-0.15, -0.1) is 0 Å². The van der Waals surface area contributed by atoms with E-state index in [1.54, 1.807) is 0 Å². The average molecular weight is 208 g/mol. The van der Waals surface area contributed by atoms with Crippen molar-refractivity contribution in [1.29, 1.82) is 0 Å². The molecule has 4 nitrogen and oxygen atoms in total. The van der Waals surface area contributed by atoms with Crippen molar-refractivity contribution >= 4 is 7.82 Å². The van der Waals surface area contributed by atoms with E-state index in [1.807, 2.05) is 0 Å². The molecule has 0 aliphatic rings. The molecule has 0 aromatic carbocycles. The molecule has 0 rings (SSSR count). The first-order chi connectivity index (χ1) is 5.17. The topological polar surface area (TPSA) is 66.8 Å². The van der Waals surface area contributed by atoms with Crippen LogP contribution in [0.15, 0.2) is 0 Å². The van der Waals surface area contributed by atoms with E-state index in [1.165, 1.54) is 0 Å². The minimum atomic E-state index is -5.05. The second-order valence-corrected chi connectivity index (χ2v) is 3.23. The number of halogens is 3. The number of hydrogen-bond acceptors (Lipinski definition) is 2. The molecule has 0 aliphatic heterocycles. The molecule has 0 aromatic heterocycles. The summed E-state index contributed by atoms with van der Waals surface area (Å²) < 4.78 is 48.9. The third kappa shape index (κ3) is 4.71. The van der Waals surface area contributed by atoms with Gasteiger partial charge in [0, 0.05) is 0 Å². The Morgan fingerprint density at radius 1 is 1.50 bits per heavy atom. The highest BCUT2D eigenvalue weighted by Crippen LogP contribution is 2.42. The highest BCUT2D eigenvalue weighted by Gasteiger charge is 2.43. The fourth-order valence-corrected chi connectivity index (χ4v) is 1.13. The van der Waals surface area contributed by atoms with E-state index in [9.17, 15) is 17.7 Å². The smallest absolute Gasteiger partial charge is 0.303 e. The molecule has 0 saturated carbocycles. The van der Waals surface area contributed by atoms with Crippen molar-refractivity contribution in [1.82, 2.24) is 0 Å². The van der Waals surface area contributed by atoms with Gasteiger partial charge >= 0.3 is 14.0 Å². The van der Waals surface area contributed by atoms with Crippen LogP contribution in [-0.4, -0.2) is 22.1 Å². The zero-order valence-electron chi connectivity index (χ0n) is 6.08. The van der Waals surface area contributed by atoms with Crippen LogP contribution >= 0.6 is 7.82 Å². The van der Waals surface area contributed by atoms with Gasteiger partial charge in [-0.1, -0.05) is 6.92 Å². The molecule has 0 radical (unpaired) electrons. The van der Waals surface area contributed by atoms with Crippen molar-refractivity contribution in [3.05, 3.63) is 0 Å². The van der Waals surface area contributed by atoms with E-state index >= 15 is 0 Å². The van der Waals surface area contributed by atoms with Gasteiger partial charge in [-0.2, -0.15) is 13.2 Å². The quantitative estimate of drug-likeness (QED) is 0.688. The van der Waals surface area contributed by atoms with E-state index in [2.05, 4.69) is 4.52 Å². The second-order valence-electron chi connectivity index (χ2n) is 2.03. The Kier molecular flexibility index (Phi) is 3.71. The fourth-order valence-electron chi connectivity index (χ4n) is 0.532. The first kappa shape index (κ1) is 11.9. The zero-order chi connectivity index (χ0) is 9.99. The molecule has 2 N–H and O–H groups in total. The van der Waals surface area contributed by atoms with E-state index in [0.29, 0.717) is 0 Å². The van der Waals surface area contributed by atoms with Crippen LogP contribution in [-0.2, 0) is 9.09 Å². The van der Waals surface area contributed by atoms with Crippen LogP contribution < -0.4 is 0 Å². The van der Waals surface area contributed by atoms with Crippen molar-refractivity contribution in [2.24, 2.45) is 0 Å². The van der Waals surface area contributed by atoms with Gasteiger partial charge in [0.25, 0.3) is 0 Å². The minimum absolute atomic E-state index is 0.533. The van der Waals surface area contributed by atoms with Crippen molar-refractivity contribution in [2.45, 2.75) is 25.6 Å². The molecule has 0 bridgehead atoms. The highest BCUT2D eigenvalue weighted by atomic mass is 31.2. The highest BCUT2D eigenvalue weighted by molar-refractivity contribution is 7.46. The van der Waals surface area contributed by atoms with Crippen molar-refractivity contribution in [3.63, 3.8) is 0 Å². The monoisotopic (exact) mass is 208 g/mol. The summed E-state index contributed by atoms with van der Waals surface area (Å²) in [4.78, 5) is 16.1. The molecule has 0 heterocycles. The summed E-state index contributed by atoms with van der Waals surface area (Å²) in [5.41, 5.74) is 0. The van der Waals surface area contributed by atoms with Gasteiger partial charge in [-0.3, -0.25) is 4.52 Å². The Hall–Kier alpha value is -0.100. The Balaban J connectivity index is 4.30. The summed E-state index contributed by atoms with van der Waals surface area (Å²) in [6, 6.07) is 0. The van der Waals surface area contributed by atoms with E-state index in [4.69, 9.17) is 9.79 Å². The average Bonchev–Trinajstić information content (AvgIpc) is 1.78. The first-order valence-corrected chi connectivity index (χ1v) is 4.50. The van der Waals surface area contributed by atoms with Crippen LogP contribution in [0.1, 0.15) is 13.3 Å². The van der Waals surface area contributed by atoms with Crippen LogP contribution in [0.25, 0.3) is 0 Å². The van der Waals surface area contributed by atoms with Crippen molar-refractivity contribution in [3.8, 4) is 0 Å². The maximum absolute atomic E-state index is 11.8. The predicted octanol–water partition coefficient (Wildman–Crippen LogP) is 1.44. The van der Waals surface area contributed by atoms with Gasteiger partial charge < -0.3 is 9.79 Å². The van der Waals surface area contributed by atoms with Crippen molar-refractivity contribution in [2.75, 3.05) is 0 Å². The summed E-state index contributed by atoms with van der Waals surface area (Å²) in [5.74, 6) is 0.